The molecule has 0 spiro atoms. The number of hydrogen-bond acceptors (Lipinski definition) is 2. The van der Waals surface area contributed by atoms with Crippen LogP contribution >= 0.6 is 11.6 Å². The molecule has 0 fully saturated rings. The van der Waals surface area contributed by atoms with E-state index >= 15 is 0 Å². The molecule has 0 radical (unpaired) electrons. The van der Waals surface area contributed by atoms with Crippen LogP contribution in [0.4, 0.5) is 0 Å². The van der Waals surface area contributed by atoms with Gasteiger partial charge >= 0.3 is 0 Å². The minimum atomic E-state index is -0.630. The zero-order chi connectivity index (χ0) is 21.3. The van der Waals surface area contributed by atoms with E-state index in [0.717, 1.165) is 49.0 Å². The molecule has 2 aromatic rings. The number of Topliss-reactive ketones (excluding diaryl/α,β-unsaturated/α-hetero) is 1. The standard InChI is InChI=1S/C27H31ClO2/c1-3-10-21(11-4-2)26(29)27(22-16-18-23(28)19-17-22)30-25-15-9-8-14-24(25)20-12-6-5-7-13-20/h5-9,12,14-21,27H,3-4,10-11,13H2,1-2H3. The molecular weight excluding hydrogens is 392 g/mol. The van der Waals surface area contributed by atoms with Crippen LogP contribution in [0.15, 0.2) is 72.8 Å². The highest BCUT2D eigenvalue weighted by Crippen LogP contribution is 2.36. The van der Waals surface area contributed by atoms with Gasteiger partial charge in [0.25, 0.3) is 0 Å². The molecule has 0 bridgehead atoms. The number of carbonyl (C=O) groups is 1. The zero-order valence-electron chi connectivity index (χ0n) is 17.9. The molecule has 0 amide bonds. The number of carbonyl (C=O) groups excluding carboxylic acids is 1. The summed E-state index contributed by atoms with van der Waals surface area (Å²) < 4.78 is 6.51. The summed E-state index contributed by atoms with van der Waals surface area (Å²) in [5.74, 6) is 1.21. The lowest BCUT2D eigenvalue weighted by Gasteiger charge is -2.26. The van der Waals surface area contributed by atoms with E-state index in [1.807, 2.05) is 42.5 Å². The maximum absolute atomic E-state index is 13.6. The van der Waals surface area contributed by atoms with E-state index in [1.165, 1.54) is 0 Å². The second-order valence-electron chi connectivity index (χ2n) is 7.92. The largest absolute Gasteiger partial charge is 0.478 e. The molecule has 30 heavy (non-hydrogen) atoms. The lowest BCUT2D eigenvalue weighted by Crippen LogP contribution is -2.27. The highest BCUT2D eigenvalue weighted by molar-refractivity contribution is 6.30. The Bertz CT molecular complexity index is 876. The Balaban J connectivity index is 1.95. The molecule has 3 rings (SSSR count). The van der Waals surface area contributed by atoms with Gasteiger partial charge in [0.15, 0.2) is 11.9 Å². The van der Waals surface area contributed by atoms with Gasteiger partial charge in [-0.05, 0) is 43.0 Å². The first-order valence-electron chi connectivity index (χ1n) is 11.0. The summed E-state index contributed by atoms with van der Waals surface area (Å²) in [5, 5.41) is 0.656. The van der Waals surface area contributed by atoms with E-state index in [9.17, 15) is 4.79 Å². The van der Waals surface area contributed by atoms with Crippen molar-refractivity contribution in [1.29, 1.82) is 0 Å². The fourth-order valence-corrected chi connectivity index (χ4v) is 4.23. The van der Waals surface area contributed by atoms with Crippen LogP contribution in [-0.4, -0.2) is 5.78 Å². The van der Waals surface area contributed by atoms with Gasteiger partial charge < -0.3 is 4.74 Å². The average molecular weight is 423 g/mol. The van der Waals surface area contributed by atoms with Crippen LogP contribution in [0.5, 0.6) is 5.75 Å². The minimum Gasteiger partial charge on any atom is -0.478 e. The normalized spacial score (nSPS) is 16.6. The van der Waals surface area contributed by atoms with Gasteiger partial charge in [0.2, 0.25) is 0 Å². The predicted molar refractivity (Wildman–Crippen MR) is 125 cm³/mol. The van der Waals surface area contributed by atoms with E-state index in [0.29, 0.717) is 5.02 Å². The van der Waals surface area contributed by atoms with Crippen LogP contribution in [0, 0.1) is 5.92 Å². The Labute approximate surface area is 185 Å². The van der Waals surface area contributed by atoms with Gasteiger partial charge in [0.1, 0.15) is 5.75 Å². The highest BCUT2D eigenvalue weighted by Gasteiger charge is 2.30. The third-order valence-corrected chi connectivity index (χ3v) is 5.90. The summed E-state index contributed by atoms with van der Waals surface area (Å²) in [4.78, 5) is 13.6. The van der Waals surface area contributed by atoms with E-state index in [4.69, 9.17) is 16.3 Å². The molecule has 0 heterocycles. The summed E-state index contributed by atoms with van der Waals surface area (Å²) in [6, 6.07) is 15.6. The van der Waals surface area contributed by atoms with Crippen molar-refractivity contribution in [3.63, 3.8) is 0 Å². The molecule has 2 nitrogen and oxygen atoms in total. The summed E-state index contributed by atoms with van der Waals surface area (Å²) >= 11 is 6.11. The van der Waals surface area contributed by atoms with Gasteiger partial charge in [-0.15, -0.1) is 0 Å². The van der Waals surface area contributed by atoms with Gasteiger partial charge in [-0.3, -0.25) is 4.79 Å². The van der Waals surface area contributed by atoms with Crippen LogP contribution in [0.3, 0.4) is 0 Å². The molecule has 2 aromatic carbocycles. The van der Waals surface area contributed by atoms with Gasteiger partial charge in [0, 0.05) is 22.4 Å². The smallest absolute Gasteiger partial charge is 0.182 e. The topological polar surface area (TPSA) is 26.3 Å². The third-order valence-electron chi connectivity index (χ3n) is 5.65. The van der Waals surface area contributed by atoms with Crippen LogP contribution < -0.4 is 4.74 Å². The van der Waals surface area contributed by atoms with Crippen molar-refractivity contribution in [2.45, 2.75) is 58.0 Å². The Morgan fingerprint density at radius 3 is 2.37 bits per heavy atom. The van der Waals surface area contributed by atoms with E-state index < -0.39 is 6.10 Å². The van der Waals surface area contributed by atoms with Crippen molar-refractivity contribution in [2.75, 3.05) is 0 Å². The van der Waals surface area contributed by atoms with Gasteiger partial charge in [-0.2, -0.15) is 0 Å². The number of halogens is 1. The van der Waals surface area contributed by atoms with Crippen molar-refractivity contribution in [3.8, 4) is 5.75 Å². The first-order valence-corrected chi connectivity index (χ1v) is 11.4. The molecule has 0 saturated heterocycles. The molecule has 2 unspecified atom stereocenters. The first-order chi connectivity index (χ1) is 14.6. The van der Waals surface area contributed by atoms with E-state index in [2.05, 4.69) is 44.2 Å². The molecule has 158 valence electrons. The molecule has 1 aliphatic rings. The van der Waals surface area contributed by atoms with Crippen LogP contribution in [-0.2, 0) is 4.79 Å². The monoisotopic (exact) mass is 422 g/mol. The lowest BCUT2D eigenvalue weighted by atomic mass is 9.88. The van der Waals surface area contributed by atoms with Crippen molar-refractivity contribution in [3.05, 3.63) is 89.0 Å². The van der Waals surface area contributed by atoms with Gasteiger partial charge in [-0.1, -0.05) is 92.9 Å². The molecule has 0 aromatic heterocycles. The number of hydrogen-bond donors (Lipinski definition) is 0. The van der Waals surface area contributed by atoms with Crippen molar-refractivity contribution in [1.82, 2.24) is 0 Å². The van der Waals surface area contributed by atoms with Crippen molar-refractivity contribution >= 4 is 17.4 Å². The molecule has 0 saturated carbocycles. The predicted octanol–water partition coefficient (Wildman–Crippen LogP) is 7.85. The summed E-state index contributed by atoms with van der Waals surface area (Å²) in [6.45, 7) is 4.26. The number of benzene rings is 2. The van der Waals surface area contributed by atoms with Crippen LogP contribution in [0.2, 0.25) is 5.02 Å². The number of ether oxygens (including phenoxy) is 1. The third kappa shape index (κ3) is 5.64. The lowest BCUT2D eigenvalue weighted by molar-refractivity contribution is -0.130. The van der Waals surface area contributed by atoms with Crippen molar-refractivity contribution < 1.29 is 9.53 Å². The first kappa shape index (κ1) is 22.4. The number of ketones is 1. The average Bonchev–Trinajstić information content (AvgIpc) is 2.78. The fraction of sp³-hybridized carbons (Fsp3) is 0.370. The zero-order valence-corrected chi connectivity index (χ0v) is 18.6. The number of allylic oxidation sites excluding steroid dienone is 4. The maximum atomic E-state index is 13.6. The maximum Gasteiger partial charge on any atom is 0.182 e. The highest BCUT2D eigenvalue weighted by atomic mass is 35.5. The molecule has 1 aliphatic carbocycles. The quantitative estimate of drug-likeness (QED) is 0.389. The second-order valence-corrected chi connectivity index (χ2v) is 8.36. The van der Waals surface area contributed by atoms with Crippen LogP contribution in [0.1, 0.15) is 69.1 Å². The van der Waals surface area contributed by atoms with E-state index in [1.54, 1.807) is 0 Å². The fourth-order valence-electron chi connectivity index (χ4n) is 4.10. The molecule has 3 heteroatoms. The second kappa shape index (κ2) is 11.2. The van der Waals surface area contributed by atoms with E-state index in [-0.39, 0.29) is 17.6 Å². The molecule has 0 aliphatic heterocycles. The molecule has 2 atom stereocenters. The van der Waals surface area contributed by atoms with Gasteiger partial charge in [-0.25, -0.2) is 0 Å². The van der Waals surface area contributed by atoms with Gasteiger partial charge in [0.05, 0.1) is 0 Å². The molecule has 0 N–H and O–H groups in total. The van der Waals surface area contributed by atoms with Crippen molar-refractivity contribution in [2.24, 2.45) is 5.92 Å². The Morgan fingerprint density at radius 2 is 1.73 bits per heavy atom. The van der Waals surface area contributed by atoms with Crippen LogP contribution in [0.25, 0.3) is 0 Å². The Hall–Kier alpha value is -2.32. The summed E-state index contributed by atoms with van der Waals surface area (Å²) in [5.41, 5.74) is 1.97. The Kier molecular flexibility index (Phi) is 8.33. The summed E-state index contributed by atoms with van der Waals surface area (Å²) in [6.07, 6.45) is 12.6. The summed E-state index contributed by atoms with van der Waals surface area (Å²) in [7, 11) is 0. The number of para-hydroxylation sites is 1. The Morgan fingerprint density at radius 1 is 1.03 bits per heavy atom. The SMILES string of the molecule is CCCC(CCC)C(=O)C(Oc1ccccc1C1C=CC=CC1)c1ccc(Cl)cc1. The molecular formula is C27H31ClO2. The minimum absolute atomic E-state index is 0.00495. The number of rotatable bonds is 10.